The molecule has 0 aliphatic carbocycles. The van der Waals surface area contributed by atoms with E-state index in [-0.39, 0.29) is 0 Å². The number of hydrogen-bond donors (Lipinski definition) is 3. The molecule has 7 nitrogen and oxygen atoms in total. The fourth-order valence-electron chi connectivity index (χ4n) is 4.04. The van der Waals surface area contributed by atoms with Crippen LogP contribution in [0.5, 0.6) is 5.75 Å². The number of hydrogen-bond acceptors (Lipinski definition) is 7. The number of nitrogens with zero attached hydrogens (tertiary/aromatic N) is 3. The molecule has 2 heterocycles. The van der Waals surface area contributed by atoms with Gasteiger partial charge in [-0.05, 0) is 66.3 Å². The maximum absolute atomic E-state index is 13.0. The summed E-state index contributed by atoms with van der Waals surface area (Å²) in [7, 11) is 0. The van der Waals surface area contributed by atoms with Gasteiger partial charge in [0, 0.05) is 19.3 Å². The highest BCUT2D eigenvalue weighted by Gasteiger charge is 2.30. The van der Waals surface area contributed by atoms with E-state index >= 15 is 0 Å². The molecule has 0 bridgehead atoms. The summed E-state index contributed by atoms with van der Waals surface area (Å²) >= 11 is 0. The Morgan fingerprint density at radius 3 is 2.41 bits per heavy atom. The van der Waals surface area contributed by atoms with Crippen LogP contribution >= 0.6 is 0 Å². The van der Waals surface area contributed by atoms with Crippen LogP contribution in [0.15, 0.2) is 65.9 Å². The third-order valence-electron chi connectivity index (χ3n) is 6.01. The number of halogens is 3. The largest absolute Gasteiger partial charge is 0.485 e. The zero-order chi connectivity index (χ0) is 26.3. The van der Waals surface area contributed by atoms with Crippen LogP contribution in [0.25, 0.3) is 0 Å². The minimum atomic E-state index is -4.35. The lowest BCUT2D eigenvalue weighted by molar-refractivity contribution is -0.137. The minimum absolute atomic E-state index is 0.316. The van der Waals surface area contributed by atoms with E-state index < -0.39 is 11.7 Å². The number of ether oxygens (including phenoxy) is 1. The number of rotatable bonds is 11. The predicted molar refractivity (Wildman–Crippen MR) is 138 cm³/mol. The van der Waals surface area contributed by atoms with Crippen molar-refractivity contribution in [3.8, 4) is 5.75 Å². The number of alkyl halides is 3. The summed E-state index contributed by atoms with van der Waals surface area (Å²) in [4.78, 5) is 6.66. The third kappa shape index (κ3) is 7.36. The summed E-state index contributed by atoms with van der Waals surface area (Å²) in [6.45, 7) is 5.52. The summed E-state index contributed by atoms with van der Waals surface area (Å²) in [6, 6.07) is 15.5. The SMILES string of the molecule is CCCc1cc(CCN(Cc2ccc(C(F)(F)F)cc2)c2ccc(C)cn2)ccc1OCC1=NNNN1. The molecule has 0 fully saturated rings. The molecule has 3 aromatic rings. The van der Waals surface area contributed by atoms with Crippen LogP contribution in [0.4, 0.5) is 19.0 Å². The first kappa shape index (κ1) is 26.3. The Kier molecular flexibility index (Phi) is 8.50. The van der Waals surface area contributed by atoms with Crippen molar-refractivity contribution in [2.75, 3.05) is 18.1 Å². The smallest absolute Gasteiger partial charge is 0.416 e. The summed E-state index contributed by atoms with van der Waals surface area (Å²) in [5, 5.41) is 4.03. The van der Waals surface area contributed by atoms with Gasteiger partial charge >= 0.3 is 6.18 Å². The molecule has 196 valence electrons. The van der Waals surface area contributed by atoms with Crippen molar-refractivity contribution in [3.05, 3.63) is 88.6 Å². The predicted octanol–water partition coefficient (Wildman–Crippen LogP) is 4.92. The zero-order valence-corrected chi connectivity index (χ0v) is 20.9. The number of benzene rings is 2. The van der Waals surface area contributed by atoms with Gasteiger partial charge < -0.3 is 9.64 Å². The summed E-state index contributed by atoms with van der Waals surface area (Å²) in [5.41, 5.74) is 11.6. The Morgan fingerprint density at radius 2 is 1.76 bits per heavy atom. The first-order valence-corrected chi connectivity index (χ1v) is 12.2. The van der Waals surface area contributed by atoms with E-state index in [1.54, 1.807) is 6.20 Å². The molecule has 0 saturated heterocycles. The molecule has 3 N–H and O–H groups in total. The van der Waals surface area contributed by atoms with Crippen molar-refractivity contribution in [2.24, 2.45) is 5.10 Å². The molecule has 0 saturated carbocycles. The van der Waals surface area contributed by atoms with Crippen molar-refractivity contribution in [2.45, 2.75) is 45.8 Å². The van der Waals surface area contributed by atoms with E-state index in [9.17, 15) is 13.2 Å². The second-order valence-electron chi connectivity index (χ2n) is 8.96. The molecule has 10 heteroatoms. The van der Waals surface area contributed by atoms with Gasteiger partial charge in [0.05, 0.1) is 5.56 Å². The standard InChI is InChI=1S/C27H31F3N6O/c1-3-4-22-15-20(8-11-24(22)37-18-25-32-34-35-33-25)13-14-36(26-12-5-19(2)16-31-26)17-21-6-9-23(10-7-21)27(28,29)30/h5-12,15-16,34-35H,3-4,13-14,17-18H2,1-2H3,(H,32,33). The van der Waals surface area contributed by atoms with Crippen LogP contribution in [0.2, 0.25) is 0 Å². The number of nitrogens with one attached hydrogen (secondary N) is 3. The summed E-state index contributed by atoms with van der Waals surface area (Å²) in [6.07, 6.45) is 0.0614. The van der Waals surface area contributed by atoms with Crippen molar-refractivity contribution < 1.29 is 17.9 Å². The Bertz CT molecular complexity index is 1200. The fourth-order valence-corrected chi connectivity index (χ4v) is 4.04. The van der Waals surface area contributed by atoms with Crippen LogP contribution in [0.1, 0.15) is 41.2 Å². The molecule has 0 unspecified atom stereocenters. The van der Waals surface area contributed by atoms with Gasteiger partial charge in [-0.25, -0.2) is 10.5 Å². The third-order valence-corrected chi connectivity index (χ3v) is 6.01. The normalized spacial score (nSPS) is 13.1. The molecule has 4 rings (SSSR count). The van der Waals surface area contributed by atoms with Gasteiger partial charge in [-0.1, -0.05) is 43.7 Å². The number of hydrazone groups is 1. The van der Waals surface area contributed by atoms with E-state index in [1.807, 2.05) is 31.2 Å². The highest BCUT2D eigenvalue weighted by molar-refractivity contribution is 5.83. The van der Waals surface area contributed by atoms with Gasteiger partial charge in [0.2, 0.25) is 0 Å². The van der Waals surface area contributed by atoms with Gasteiger partial charge in [0.1, 0.15) is 18.2 Å². The lowest BCUT2D eigenvalue weighted by Crippen LogP contribution is -2.37. The topological polar surface area (TPSA) is 73.8 Å². The molecular formula is C27H31F3N6O. The van der Waals surface area contributed by atoms with Crippen LogP contribution in [0, 0.1) is 6.92 Å². The maximum atomic E-state index is 13.0. The van der Waals surface area contributed by atoms with Gasteiger partial charge in [-0.3, -0.25) is 5.43 Å². The van der Waals surface area contributed by atoms with E-state index in [1.165, 1.54) is 12.1 Å². The number of amidine groups is 1. The highest BCUT2D eigenvalue weighted by Crippen LogP contribution is 2.29. The molecule has 2 aromatic carbocycles. The van der Waals surface area contributed by atoms with Crippen molar-refractivity contribution in [1.82, 2.24) is 21.5 Å². The number of anilines is 1. The van der Waals surface area contributed by atoms with E-state index in [2.05, 4.69) is 44.5 Å². The van der Waals surface area contributed by atoms with Crippen LogP contribution in [0.3, 0.4) is 0 Å². The first-order chi connectivity index (χ1) is 17.8. The second-order valence-corrected chi connectivity index (χ2v) is 8.96. The molecule has 1 aliphatic heterocycles. The van der Waals surface area contributed by atoms with Crippen molar-refractivity contribution >= 4 is 11.7 Å². The number of hydrazine groups is 2. The number of aromatic nitrogens is 1. The highest BCUT2D eigenvalue weighted by atomic mass is 19.4. The first-order valence-electron chi connectivity index (χ1n) is 12.2. The van der Waals surface area contributed by atoms with E-state index in [0.29, 0.717) is 25.5 Å². The number of aryl methyl sites for hydroxylation is 2. The van der Waals surface area contributed by atoms with Crippen LogP contribution < -0.4 is 26.1 Å². The Hall–Kier alpha value is -3.79. The van der Waals surface area contributed by atoms with Gasteiger partial charge in [0.15, 0.2) is 5.84 Å². The average Bonchev–Trinajstić information content (AvgIpc) is 3.40. The van der Waals surface area contributed by atoms with Gasteiger partial charge in [0.25, 0.3) is 0 Å². The lowest BCUT2D eigenvalue weighted by Gasteiger charge is -2.24. The van der Waals surface area contributed by atoms with Crippen molar-refractivity contribution in [3.63, 3.8) is 0 Å². The summed E-state index contributed by atoms with van der Waals surface area (Å²) < 4.78 is 45.0. The molecule has 0 radical (unpaired) electrons. The van der Waals surface area contributed by atoms with E-state index in [4.69, 9.17) is 4.74 Å². The second kappa shape index (κ2) is 12.0. The molecule has 1 aliphatic rings. The van der Waals surface area contributed by atoms with E-state index in [0.717, 1.165) is 65.2 Å². The van der Waals surface area contributed by atoms with Crippen molar-refractivity contribution in [1.29, 1.82) is 0 Å². The van der Waals surface area contributed by atoms with Crippen LogP contribution in [-0.2, 0) is 25.6 Å². The number of pyridine rings is 1. The monoisotopic (exact) mass is 512 g/mol. The average molecular weight is 513 g/mol. The molecule has 1 aromatic heterocycles. The van der Waals surface area contributed by atoms with Gasteiger partial charge in [-0.15, -0.1) is 10.6 Å². The molecule has 0 amide bonds. The lowest BCUT2D eigenvalue weighted by atomic mass is 10.0. The zero-order valence-electron chi connectivity index (χ0n) is 20.9. The Morgan fingerprint density at radius 1 is 0.973 bits per heavy atom. The summed E-state index contributed by atoms with van der Waals surface area (Å²) in [5.74, 6) is 2.27. The maximum Gasteiger partial charge on any atom is 0.416 e. The molecular weight excluding hydrogens is 481 g/mol. The molecule has 0 spiro atoms. The quantitative estimate of drug-likeness (QED) is 0.339. The molecule has 37 heavy (non-hydrogen) atoms. The Labute approximate surface area is 214 Å². The minimum Gasteiger partial charge on any atom is -0.485 e. The Balaban J connectivity index is 1.48. The fraction of sp³-hybridized carbons (Fsp3) is 0.333. The van der Waals surface area contributed by atoms with Crippen LogP contribution in [-0.4, -0.2) is 24.0 Å². The van der Waals surface area contributed by atoms with Gasteiger partial charge in [-0.2, -0.15) is 13.2 Å². The molecule has 0 atom stereocenters.